The van der Waals surface area contributed by atoms with Crippen molar-refractivity contribution in [3.05, 3.63) is 35.4 Å². The fourth-order valence-electron chi connectivity index (χ4n) is 2.79. The molecule has 5 nitrogen and oxygen atoms in total. The van der Waals surface area contributed by atoms with Crippen LogP contribution >= 0.6 is 0 Å². The summed E-state index contributed by atoms with van der Waals surface area (Å²) in [5.74, 6) is -0.163. The van der Waals surface area contributed by atoms with Gasteiger partial charge in [0, 0.05) is 6.54 Å². The van der Waals surface area contributed by atoms with Crippen molar-refractivity contribution in [2.24, 2.45) is 0 Å². The van der Waals surface area contributed by atoms with Crippen molar-refractivity contribution < 1.29 is 13.2 Å². The SMILES string of the molecule is Cc1ccc([C@@H]2CCCN2C(=O)[C@@H](C)NS(C)(=O)=O)cc1. The van der Waals surface area contributed by atoms with Crippen LogP contribution in [0, 0.1) is 6.92 Å². The van der Waals surface area contributed by atoms with Gasteiger partial charge in [0.05, 0.1) is 18.3 Å². The topological polar surface area (TPSA) is 66.5 Å². The van der Waals surface area contributed by atoms with Gasteiger partial charge in [-0.05, 0) is 32.3 Å². The first-order valence-corrected chi connectivity index (χ1v) is 9.01. The summed E-state index contributed by atoms with van der Waals surface area (Å²) < 4.78 is 24.9. The molecule has 0 radical (unpaired) electrons. The molecule has 116 valence electrons. The molecule has 0 spiro atoms. The Hall–Kier alpha value is -1.40. The Morgan fingerprint density at radius 2 is 1.95 bits per heavy atom. The third kappa shape index (κ3) is 4.04. The summed E-state index contributed by atoms with van der Waals surface area (Å²) in [4.78, 5) is 14.3. The number of likely N-dealkylation sites (tertiary alicyclic amines) is 1. The summed E-state index contributed by atoms with van der Waals surface area (Å²) in [7, 11) is -3.38. The lowest BCUT2D eigenvalue weighted by Crippen LogP contribution is -2.46. The Morgan fingerprint density at radius 3 is 2.52 bits per heavy atom. The lowest BCUT2D eigenvalue weighted by Gasteiger charge is -2.28. The van der Waals surface area contributed by atoms with Crippen LogP contribution in [0.3, 0.4) is 0 Å². The highest BCUT2D eigenvalue weighted by atomic mass is 32.2. The first-order valence-electron chi connectivity index (χ1n) is 7.12. The Morgan fingerprint density at radius 1 is 1.33 bits per heavy atom. The van der Waals surface area contributed by atoms with Gasteiger partial charge in [0.15, 0.2) is 0 Å². The highest BCUT2D eigenvalue weighted by Crippen LogP contribution is 2.32. The zero-order chi connectivity index (χ0) is 15.6. The number of nitrogens with zero attached hydrogens (tertiary/aromatic N) is 1. The van der Waals surface area contributed by atoms with Gasteiger partial charge in [-0.1, -0.05) is 29.8 Å². The number of hydrogen-bond donors (Lipinski definition) is 1. The fraction of sp³-hybridized carbons (Fsp3) is 0.533. The van der Waals surface area contributed by atoms with E-state index in [1.807, 2.05) is 31.2 Å². The molecule has 1 aromatic carbocycles. The molecule has 21 heavy (non-hydrogen) atoms. The molecular weight excluding hydrogens is 288 g/mol. The van der Waals surface area contributed by atoms with Crippen molar-refractivity contribution >= 4 is 15.9 Å². The zero-order valence-corrected chi connectivity index (χ0v) is 13.5. The van der Waals surface area contributed by atoms with Crippen molar-refractivity contribution in [2.75, 3.05) is 12.8 Å². The summed E-state index contributed by atoms with van der Waals surface area (Å²) in [6, 6.07) is 7.47. The molecule has 1 saturated heterocycles. The van der Waals surface area contributed by atoms with E-state index in [0.29, 0.717) is 6.54 Å². The minimum atomic E-state index is -3.38. The monoisotopic (exact) mass is 310 g/mol. The Balaban J connectivity index is 2.14. The minimum Gasteiger partial charge on any atom is -0.334 e. The second-order valence-corrected chi connectivity index (χ2v) is 7.49. The number of aryl methyl sites for hydroxylation is 1. The molecule has 1 aromatic rings. The smallest absolute Gasteiger partial charge is 0.240 e. The second kappa shape index (κ2) is 6.15. The van der Waals surface area contributed by atoms with E-state index in [0.717, 1.165) is 24.7 Å². The van der Waals surface area contributed by atoms with Crippen molar-refractivity contribution in [3.8, 4) is 0 Å². The van der Waals surface area contributed by atoms with Crippen molar-refractivity contribution in [1.29, 1.82) is 0 Å². The molecule has 0 saturated carbocycles. The molecule has 0 aromatic heterocycles. The Labute approximate surface area is 126 Å². The highest BCUT2D eigenvalue weighted by Gasteiger charge is 2.33. The number of sulfonamides is 1. The number of carbonyl (C=O) groups is 1. The second-order valence-electron chi connectivity index (χ2n) is 5.71. The molecule has 1 N–H and O–H groups in total. The maximum atomic E-state index is 12.5. The van der Waals surface area contributed by atoms with Gasteiger partial charge in [-0.3, -0.25) is 4.79 Å². The van der Waals surface area contributed by atoms with Gasteiger partial charge < -0.3 is 4.90 Å². The third-order valence-electron chi connectivity index (χ3n) is 3.76. The van der Waals surface area contributed by atoms with E-state index in [2.05, 4.69) is 4.72 Å². The van der Waals surface area contributed by atoms with Crippen molar-refractivity contribution in [3.63, 3.8) is 0 Å². The third-order valence-corrected chi connectivity index (χ3v) is 4.54. The van der Waals surface area contributed by atoms with Gasteiger partial charge in [-0.25, -0.2) is 13.1 Å². The van der Waals surface area contributed by atoms with E-state index in [-0.39, 0.29) is 11.9 Å². The quantitative estimate of drug-likeness (QED) is 0.918. The number of benzene rings is 1. The number of amides is 1. The zero-order valence-electron chi connectivity index (χ0n) is 12.7. The van der Waals surface area contributed by atoms with Gasteiger partial charge in [0.25, 0.3) is 0 Å². The molecular formula is C15H22N2O3S. The summed E-state index contributed by atoms with van der Waals surface area (Å²) in [5.41, 5.74) is 2.29. The maximum Gasteiger partial charge on any atom is 0.240 e. The number of nitrogens with one attached hydrogen (secondary N) is 1. The molecule has 0 aliphatic carbocycles. The predicted octanol–water partition coefficient (Wildman–Crippen LogP) is 1.60. The minimum absolute atomic E-state index is 0.0434. The van der Waals surface area contributed by atoms with E-state index < -0.39 is 16.1 Å². The van der Waals surface area contributed by atoms with Crippen LogP contribution in [-0.4, -0.2) is 38.1 Å². The van der Waals surface area contributed by atoms with Crippen molar-refractivity contribution in [2.45, 2.75) is 38.8 Å². The molecule has 1 aliphatic heterocycles. The van der Waals surface area contributed by atoms with Crippen LogP contribution in [0.25, 0.3) is 0 Å². The summed E-state index contributed by atoms with van der Waals surface area (Å²) in [6.45, 7) is 4.29. The molecule has 6 heteroatoms. The van der Waals surface area contributed by atoms with Crippen molar-refractivity contribution in [1.82, 2.24) is 9.62 Å². The molecule has 2 rings (SSSR count). The highest BCUT2D eigenvalue weighted by molar-refractivity contribution is 7.88. The molecule has 1 aliphatic rings. The normalized spacial score (nSPS) is 20.5. The maximum absolute atomic E-state index is 12.5. The average Bonchev–Trinajstić information content (AvgIpc) is 2.85. The first kappa shape index (κ1) is 16.0. The fourth-order valence-corrected chi connectivity index (χ4v) is 3.53. The van der Waals surface area contributed by atoms with E-state index >= 15 is 0 Å². The van der Waals surface area contributed by atoms with Crippen LogP contribution in [0.15, 0.2) is 24.3 Å². The summed E-state index contributed by atoms with van der Waals surface area (Å²) in [5, 5.41) is 0. The van der Waals surface area contributed by atoms with Gasteiger partial charge in [-0.2, -0.15) is 0 Å². The van der Waals surface area contributed by atoms with Gasteiger partial charge in [0.1, 0.15) is 0 Å². The molecule has 1 amide bonds. The van der Waals surface area contributed by atoms with E-state index in [1.54, 1.807) is 11.8 Å². The number of hydrogen-bond acceptors (Lipinski definition) is 3. The van der Waals surface area contributed by atoms with E-state index in [9.17, 15) is 13.2 Å². The van der Waals surface area contributed by atoms with Crippen LogP contribution in [-0.2, 0) is 14.8 Å². The standard InChI is InChI=1S/C15H22N2O3S/c1-11-6-8-13(9-7-11)14-5-4-10-17(14)15(18)12(2)16-21(3,19)20/h6-9,12,14,16H,4-5,10H2,1-3H3/t12-,14+/m1/s1. The molecule has 2 atom stereocenters. The van der Waals surface area contributed by atoms with Crippen LogP contribution in [0.4, 0.5) is 0 Å². The van der Waals surface area contributed by atoms with Crippen LogP contribution in [0.2, 0.25) is 0 Å². The van der Waals surface area contributed by atoms with Crippen LogP contribution < -0.4 is 4.72 Å². The first-order chi connectivity index (χ1) is 9.78. The lowest BCUT2D eigenvalue weighted by molar-refractivity contribution is -0.133. The van der Waals surface area contributed by atoms with E-state index in [1.165, 1.54) is 5.56 Å². The Kier molecular flexibility index (Phi) is 4.68. The van der Waals surface area contributed by atoms with Gasteiger partial charge in [-0.15, -0.1) is 0 Å². The predicted molar refractivity (Wildman–Crippen MR) is 82.3 cm³/mol. The number of rotatable bonds is 4. The van der Waals surface area contributed by atoms with Crippen LogP contribution in [0.5, 0.6) is 0 Å². The van der Waals surface area contributed by atoms with Gasteiger partial charge in [0.2, 0.25) is 15.9 Å². The molecule has 0 bridgehead atoms. The Bertz CT molecular complexity index is 610. The average molecular weight is 310 g/mol. The van der Waals surface area contributed by atoms with Crippen LogP contribution in [0.1, 0.15) is 36.9 Å². The summed E-state index contributed by atoms with van der Waals surface area (Å²) >= 11 is 0. The summed E-state index contributed by atoms with van der Waals surface area (Å²) in [6.07, 6.45) is 2.93. The van der Waals surface area contributed by atoms with E-state index in [4.69, 9.17) is 0 Å². The molecule has 0 unspecified atom stereocenters. The lowest BCUT2D eigenvalue weighted by atomic mass is 10.0. The molecule has 1 heterocycles. The van der Waals surface area contributed by atoms with Gasteiger partial charge >= 0.3 is 0 Å². The molecule has 1 fully saturated rings. The largest absolute Gasteiger partial charge is 0.334 e. The number of carbonyl (C=O) groups excluding carboxylic acids is 1.